The van der Waals surface area contributed by atoms with Crippen molar-refractivity contribution < 1.29 is 4.39 Å². The first-order valence-corrected chi connectivity index (χ1v) is 12.9. The maximum atomic E-state index is 15.6. The van der Waals surface area contributed by atoms with Gasteiger partial charge in [-0.15, -0.1) is 0 Å². The highest BCUT2D eigenvalue weighted by molar-refractivity contribution is 5.90. The first-order chi connectivity index (χ1) is 16.9. The van der Waals surface area contributed by atoms with E-state index in [2.05, 4.69) is 78.0 Å². The molecule has 0 N–H and O–H groups in total. The van der Waals surface area contributed by atoms with Crippen molar-refractivity contribution in [1.29, 1.82) is 0 Å². The van der Waals surface area contributed by atoms with Crippen LogP contribution in [0.15, 0.2) is 48.7 Å². The topological polar surface area (TPSA) is 51.6 Å². The molecule has 2 aromatic carbocycles. The van der Waals surface area contributed by atoms with E-state index in [-0.39, 0.29) is 17.7 Å². The van der Waals surface area contributed by atoms with Gasteiger partial charge in [0.1, 0.15) is 23.2 Å². The number of pyridine rings is 1. The number of rotatable bonds is 5. The van der Waals surface area contributed by atoms with E-state index in [4.69, 9.17) is 0 Å². The van der Waals surface area contributed by atoms with E-state index in [9.17, 15) is 0 Å². The predicted octanol–water partition coefficient (Wildman–Crippen LogP) is 8.19. The van der Waals surface area contributed by atoms with E-state index in [0.717, 1.165) is 22.6 Å². The highest BCUT2D eigenvalue weighted by atomic mass is 19.1. The smallest absolute Gasteiger partial charge is 0.165 e. The molecule has 1 fully saturated rings. The molecule has 0 aliphatic heterocycles. The maximum absolute atomic E-state index is 15.6. The van der Waals surface area contributed by atoms with Crippen molar-refractivity contribution in [3.8, 4) is 22.6 Å². The molecule has 0 saturated heterocycles. The minimum atomic E-state index is -0.356. The minimum absolute atomic E-state index is 0.155. The van der Waals surface area contributed by atoms with Gasteiger partial charge < -0.3 is 0 Å². The zero-order valence-corrected chi connectivity index (χ0v) is 21.1. The molecule has 0 amide bonds. The molecule has 0 spiro atoms. The molecular formula is C30H33FN4. The number of fused-ring (bicyclic) bond motifs is 1. The van der Waals surface area contributed by atoms with Crippen molar-refractivity contribution in [3.05, 3.63) is 71.7 Å². The lowest BCUT2D eigenvalue weighted by molar-refractivity contribution is 0.445. The molecule has 0 unspecified atom stereocenters. The summed E-state index contributed by atoms with van der Waals surface area (Å²) in [5.41, 5.74) is 3.10. The van der Waals surface area contributed by atoms with Gasteiger partial charge in [-0.25, -0.2) is 19.3 Å². The fraction of sp³-hybridized carbons (Fsp3) is 0.400. The molecule has 35 heavy (non-hydrogen) atoms. The Labute approximate surface area is 207 Å². The van der Waals surface area contributed by atoms with Crippen molar-refractivity contribution in [1.82, 2.24) is 19.9 Å². The average molecular weight is 469 g/mol. The molecule has 1 aliphatic rings. The average Bonchev–Trinajstić information content (AvgIpc) is 2.88. The molecule has 1 saturated carbocycles. The van der Waals surface area contributed by atoms with E-state index in [1.807, 2.05) is 6.07 Å². The number of benzene rings is 2. The second-order valence-corrected chi connectivity index (χ2v) is 10.4. The van der Waals surface area contributed by atoms with Crippen LogP contribution in [0.3, 0.4) is 0 Å². The minimum Gasteiger partial charge on any atom is -0.252 e. The van der Waals surface area contributed by atoms with Crippen LogP contribution in [-0.4, -0.2) is 19.9 Å². The molecule has 5 heteroatoms. The monoisotopic (exact) mass is 468 g/mol. The third-order valence-electron chi connectivity index (χ3n) is 7.01. The lowest BCUT2D eigenvalue weighted by Crippen LogP contribution is -2.08. The Kier molecular flexibility index (Phi) is 6.59. The Hall–Kier alpha value is -3.21. The molecule has 2 aromatic heterocycles. The van der Waals surface area contributed by atoms with E-state index in [1.165, 1.54) is 49.1 Å². The Balaban J connectivity index is 1.58. The summed E-state index contributed by atoms with van der Waals surface area (Å²) in [4.78, 5) is 18.4. The van der Waals surface area contributed by atoms with Crippen LogP contribution in [-0.2, 0) is 0 Å². The Morgan fingerprint density at radius 2 is 1.49 bits per heavy atom. The van der Waals surface area contributed by atoms with E-state index in [0.29, 0.717) is 23.0 Å². The molecule has 4 aromatic rings. The predicted molar refractivity (Wildman–Crippen MR) is 140 cm³/mol. The van der Waals surface area contributed by atoms with Crippen LogP contribution in [0.4, 0.5) is 4.39 Å². The molecular weight excluding hydrogens is 435 g/mol. The van der Waals surface area contributed by atoms with E-state index >= 15 is 4.39 Å². The van der Waals surface area contributed by atoms with Crippen LogP contribution in [0.5, 0.6) is 0 Å². The number of nitrogens with zero attached hydrogens (tertiary/aromatic N) is 4. The molecule has 4 nitrogen and oxygen atoms in total. The summed E-state index contributed by atoms with van der Waals surface area (Å²) in [5, 5.41) is 2.41. The van der Waals surface area contributed by atoms with Crippen molar-refractivity contribution in [3.63, 3.8) is 0 Å². The van der Waals surface area contributed by atoms with Crippen molar-refractivity contribution >= 4 is 10.8 Å². The zero-order chi connectivity index (χ0) is 24.5. The summed E-state index contributed by atoms with van der Waals surface area (Å²) in [6.07, 6.45) is 7.90. The van der Waals surface area contributed by atoms with Gasteiger partial charge in [0.15, 0.2) is 5.82 Å². The largest absolute Gasteiger partial charge is 0.252 e. The fourth-order valence-electron chi connectivity index (χ4n) is 5.06. The summed E-state index contributed by atoms with van der Waals surface area (Å²) in [7, 11) is 0. The summed E-state index contributed by atoms with van der Waals surface area (Å²) >= 11 is 0. The number of aromatic nitrogens is 4. The van der Waals surface area contributed by atoms with Gasteiger partial charge in [-0.1, -0.05) is 71.2 Å². The second kappa shape index (κ2) is 9.80. The highest BCUT2D eigenvalue weighted by Gasteiger charge is 2.21. The van der Waals surface area contributed by atoms with Crippen molar-refractivity contribution in [2.75, 3.05) is 0 Å². The first kappa shape index (κ1) is 23.5. The van der Waals surface area contributed by atoms with Crippen LogP contribution in [0.25, 0.3) is 33.4 Å². The molecule has 180 valence electrons. The molecule has 0 bridgehead atoms. The lowest BCUT2D eigenvalue weighted by atomic mass is 9.81. The van der Waals surface area contributed by atoms with E-state index in [1.54, 1.807) is 6.20 Å². The van der Waals surface area contributed by atoms with Gasteiger partial charge in [-0.2, -0.15) is 0 Å². The molecule has 2 heterocycles. The third kappa shape index (κ3) is 4.82. The number of halogens is 1. The standard InChI is InChI=1S/C30H33FN4/c1-18(2)28-33-29(19(3)4)35-30(34-28)23-16-26(31)27(32-17-23)22-14-21-12-8-9-13-24(21)25(15-22)20-10-6-5-7-11-20/h8-9,12-20H,5-7,10-11H2,1-4H3. The Bertz CT molecular complexity index is 1330. The highest BCUT2D eigenvalue weighted by Crippen LogP contribution is 2.39. The van der Waals surface area contributed by atoms with Crippen LogP contribution in [0.1, 0.15) is 94.8 Å². The molecule has 1 aliphatic carbocycles. The Morgan fingerprint density at radius 1 is 0.800 bits per heavy atom. The van der Waals surface area contributed by atoms with Gasteiger partial charge in [0.25, 0.3) is 0 Å². The van der Waals surface area contributed by atoms with Crippen molar-refractivity contribution in [2.45, 2.75) is 77.6 Å². The lowest BCUT2D eigenvalue weighted by Gasteiger charge is -2.24. The summed E-state index contributed by atoms with van der Waals surface area (Å²) < 4.78 is 15.6. The second-order valence-electron chi connectivity index (χ2n) is 10.4. The third-order valence-corrected chi connectivity index (χ3v) is 7.01. The quantitative estimate of drug-likeness (QED) is 0.296. The maximum Gasteiger partial charge on any atom is 0.165 e. The van der Waals surface area contributed by atoms with Crippen LogP contribution < -0.4 is 0 Å². The van der Waals surface area contributed by atoms with Gasteiger partial charge >= 0.3 is 0 Å². The Morgan fingerprint density at radius 3 is 2.14 bits per heavy atom. The first-order valence-electron chi connectivity index (χ1n) is 12.9. The van der Waals surface area contributed by atoms with Gasteiger partial charge in [-0.05, 0) is 53.3 Å². The van der Waals surface area contributed by atoms with Crippen LogP contribution in [0, 0.1) is 5.82 Å². The summed E-state index contributed by atoms with van der Waals surface area (Å²) in [6, 6.07) is 14.2. The van der Waals surface area contributed by atoms with Gasteiger partial charge in [0, 0.05) is 29.2 Å². The molecule has 0 atom stereocenters. The number of hydrogen-bond donors (Lipinski definition) is 0. The number of hydrogen-bond acceptors (Lipinski definition) is 4. The molecule has 0 radical (unpaired) electrons. The van der Waals surface area contributed by atoms with E-state index < -0.39 is 0 Å². The van der Waals surface area contributed by atoms with Gasteiger partial charge in [0.05, 0.1) is 0 Å². The summed E-state index contributed by atoms with van der Waals surface area (Å²) in [6.45, 7) is 8.20. The SMILES string of the molecule is CC(C)c1nc(-c2cnc(-c3cc(C4CCCCC4)c4ccccc4c3)c(F)c2)nc(C(C)C)n1. The molecule has 5 rings (SSSR count). The fourth-order valence-corrected chi connectivity index (χ4v) is 5.06. The van der Waals surface area contributed by atoms with Crippen LogP contribution >= 0.6 is 0 Å². The van der Waals surface area contributed by atoms with Crippen LogP contribution in [0.2, 0.25) is 0 Å². The zero-order valence-electron chi connectivity index (χ0n) is 21.1. The van der Waals surface area contributed by atoms with Gasteiger partial charge in [0.2, 0.25) is 0 Å². The summed E-state index contributed by atoms with van der Waals surface area (Å²) in [5.74, 6) is 2.38. The van der Waals surface area contributed by atoms with Gasteiger partial charge in [-0.3, -0.25) is 4.98 Å². The van der Waals surface area contributed by atoms with Crippen molar-refractivity contribution in [2.24, 2.45) is 0 Å². The normalized spacial score (nSPS) is 14.8.